The molecule has 0 atom stereocenters. The van der Waals surface area contributed by atoms with E-state index in [0.29, 0.717) is 5.01 Å². The van der Waals surface area contributed by atoms with Gasteiger partial charge in [-0.05, 0) is 6.92 Å². The van der Waals surface area contributed by atoms with Crippen LogP contribution in [0.5, 0.6) is 0 Å². The maximum atomic E-state index is 11.3. The molecule has 0 radical (unpaired) electrons. The van der Waals surface area contributed by atoms with Crippen molar-refractivity contribution in [2.45, 2.75) is 11.3 Å². The third-order valence-corrected chi connectivity index (χ3v) is 4.19. The van der Waals surface area contributed by atoms with Crippen molar-refractivity contribution in [2.75, 3.05) is 12.3 Å². The third-order valence-electron chi connectivity index (χ3n) is 1.16. The predicted molar refractivity (Wildman–Crippen MR) is 45.8 cm³/mol. The molecule has 0 aromatic carbocycles. The van der Waals surface area contributed by atoms with E-state index in [1.54, 1.807) is 6.92 Å². The van der Waals surface area contributed by atoms with Gasteiger partial charge in [-0.2, -0.15) is 0 Å². The van der Waals surface area contributed by atoms with Crippen molar-refractivity contribution in [2.24, 2.45) is 5.73 Å². The van der Waals surface area contributed by atoms with E-state index in [1.165, 1.54) is 0 Å². The van der Waals surface area contributed by atoms with Gasteiger partial charge in [0.2, 0.25) is 14.2 Å². The van der Waals surface area contributed by atoms with Crippen LogP contribution in [-0.2, 0) is 9.84 Å². The van der Waals surface area contributed by atoms with Gasteiger partial charge < -0.3 is 5.73 Å². The quantitative estimate of drug-likeness (QED) is 0.727. The van der Waals surface area contributed by atoms with Gasteiger partial charge in [-0.25, -0.2) is 8.42 Å². The Kier molecular flexibility index (Phi) is 2.76. The summed E-state index contributed by atoms with van der Waals surface area (Å²) in [5.74, 6) is -0.0678. The van der Waals surface area contributed by atoms with Crippen LogP contribution in [-0.4, -0.2) is 30.9 Å². The molecule has 0 saturated heterocycles. The second kappa shape index (κ2) is 3.46. The molecule has 0 fully saturated rings. The Labute approximate surface area is 74.5 Å². The standard InChI is InChI=1S/C5H9N3O2S2/c1-4-7-8-5(11-4)12(9,10)3-2-6/h2-3,6H2,1H3. The first kappa shape index (κ1) is 9.56. The van der Waals surface area contributed by atoms with E-state index in [4.69, 9.17) is 5.73 Å². The smallest absolute Gasteiger partial charge is 0.232 e. The van der Waals surface area contributed by atoms with E-state index in [9.17, 15) is 8.42 Å². The number of nitrogens with zero attached hydrogens (tertiary/aromatic N) is 2. The summed E-state index contributed by atoms with van der Waals surface area (Å²) in [7, 11) is -3.27. The summed E-state index contributed by atoms with van der Waals surface area (Å²) in [4.78, 5) is 0. The average molecular weight is 207 g/mol. The van der Waals surface area contributed by atoms with Crippen LogP contribution in [0.1, 0.15) is 5.01 Å². The highest BCUT2D eigenvalue weighted by Gasteiger charge is 2.17. The van der Waals surface area contributed by atoms with Crippen LogP contribution in [0.15, 0.2) is 4.34 Å². The maximum Gasteiger partial charge on any atom is 0.232 e. The van der Waals surface area contributed by atoms with Crippen LogP contribution in [0.2, 0.25) is 0 Å². The molecule has 0 spiro atoms. The molecule has 0 aliphatic heterocycles. The molecule has 1 heterocycles. The maximum absolute atomic E-state index is 11.3. The van der Waals surface area contributed by atoms with Crippen LogP contribution in [0.4, 0.5) is 0 Å². The lowest BCUT2D eigenvalue weighted by atomic mass is 10.8. The van der Waals surface area contributed by atoms with Crippen molar-refractivity contribution in [3.8, 4) is 0 Å². The third kappa shape index (κ3) is 1.99. The number of nitrogens with two attached hydrogens (primary N) is 1. The Morgan fingerprint density at radius 1 is 1.50 bits per heavy atom. The van der Waals surface area contributed by atoms with Gasteiger partial charge in [0.25, 0.3) is 0 Å². The lowest BCUT2D eigenvalue weighted by Gasteiger charge is -1.94. The van der Waals surface area contributed by atoms with Crippen LogP contribution in [0, 0.1) is 6.92 Å². The van der Waals surface area contributed by atoms with E-state index in [1.807, 2.05) is 0 Å². The monoisotopic (exact) mass is 207 g/mol. The van der Waals surface area contributed by atoms with Crippen molar-refractivity contribution in [3.63, 3.8) is 0 Å². The van der Waals surface area contributed by atoms with Gasteiger partial charge in [0, 0.05) is 6.54 Å². The molecule has 7 heteroatoms. The minimum absolute atomic E-state index is 0.0606. The molecule has 0 unspecified atom stereocenters. The number of aromatic nitrogens is 2. The van der Waals surface area contributed by atoms with Crippen LogP contribution in [0.3, 0.4) is 0 Å². The second-order valence-electron chi connectivity index (χ2n) is 2.19. The van der Waals surface area contributed by atoms with Gasteiger partial charge >= 0.3 is 0 Å². The Bertz CT molecular complexity index is 357. The summed E-state index contributed by atoms with van der Waals surface area (Å²) in [6, 6.07) is 0. The molecule has 5 nitrogen and oxygen atoms in total. The van der Waals surface area contributed by atoms with E-state index in [0.717, 1.165) is 11.3 Å². The molecule has 1 aromatic heterocycles. The highest BCUT2D eigenvalue weighted by Crippen LogP contribution is 2.15. The fourth-order valence-corrected chi connectivity index (χ4v) is 2.83. The van der Waals surface area contributed by atoms with Crippen molar-refractivity contribution in [1.82, 2.24) is 10.2 Å². The van der Waals surface area contributed by atoms with E-state index in [-0.39, 0.29) is 16.6 Å². The van der Waals surface area contributed by atoms with Gasteiger partial charge in [0.1, 0.15) is 5.01 Å². The molecule has 2 N–H and O–H groups in total. The Balaban J connectivity index is 2.98. The molecule has 0 aliphatic rings. The Morgan fingerprint density at radius 3 is 2.58 bits per heavy atom. The van der Waals surface area contributed by atoms with Gasteiger partial charge in [-0.15, -0.1) is 10.2 Å². The zero-order valence-electron chi connectivity index (χ0n) is 6.52. The number of sulfone groups is 1. The molecular weight excluding hydrogens is 198 g/mol. The predicted octanol–water partition coefficient (Wildman–Crippen LogP) is -0.421. The Hall–Kier alpha value is -0.530. The number of hydrogen-bond acceptors (Lipinski definition) is 6. The van der Waals surface area contributed by atoms with E-state index >= 15 is 0 Å². The van der Waals surface area contributed by atoms with Gasteiger partial charge in [-0.3, -0.25) is 0 Å². The second-order valence-corrected chi connectivity index (χ2v) is 5.66. The molecule has 12 heavy (non-hydrogen) atoms. The first-order valence-corrected chi connectivity index (χ1v) is 5.76. The Morgan fingerprint density at radius 2 is 2.17 bits per heavy atom. The van der Waals surface area contributed by atoms with Gasteiger partial charge in [0.15, 0.2) is 0 Å². The molecule has 68 valence electrons. The van der Waals surface area contributed by atoms with Crippen molar-refractivity contribution < 1.29 is 8.42 Å². The number of hydrogen-bond donors (Lipinski definition) is 1. The lowest BCUT2D eigenvalue weighted by Crippen LogP contribution is -2.15. The summed E-state index contributed by atoms with van der Waals surface area (Å²) in [5, 5.41) is 7.79. The minimum Gasteiger partial charge on any atom is -0.329 e. The summed E-state index contributed by atoms with van der Waals surface area (Å²) in [5.41, 5.74) is 5.14. The molecule has 0 saturated carbocycles. The summed E-state index contributed by atoms with van der Waals surface area (Å²) >= 11 is 1.07. The van der Waals surface area contributed by atoms with E-state index < -0.39 is 9.84 Å². The first-order valence-electron chi connectivity index (χ1n) is 3.29. The molecule has 1 rings (SSSR count). The zero-order chi connectivity index (χ0) is 9.19. The highest BCUT2D eigenvalue weighted by molar-refractivity contribution is 7.93. The molecule has 0 bridgehead atoms. The van der Waals surface area contributed by atoms with Crippen LogP contribution < -0.4 is 5.73 Å². The topological polar surface area (TPSA) is 85.9 Å². The summed E-state index contributed by atoms with van der Waals surface area (Å²) in [6.45, 7) is 1.82. The normalized spacial score (nSPS) is 11.8. The van der Waals surface area contributed by atoms with Crippen molar-refractivity contribution in [3.05, 3.63) is 5.01 Å². The fraction of sp³-hybridized carbons (Fsp3) is 0.600. The highest BCUT2D eigenvalue weighted by atomic mass is 32.2. The van der Waals surface area contributed by atoms with Crippen LogP contribution in [0.25, 0.3) is 0 Å². The molecule has 0 aliphatic carbocycles. The van der Waals surface area contributed by atoms with Crippen LogP contribution >= 0.6 is 11.3 Å². The van der Waals surface area contributed by atoms with E-state index in [2.05, 4.69) is 10.2 Å². The van der Waals surface area contributed by atoms with Gasteiger partial charge in [0.05, 0.1) is 5.75 Å². The molecule has 1 aromatic rings. The number of rotatable bonds is 3. The SMILES string of the molecule is Cc1nnc(S(=O)(=O)CCN)s1. The van der Waals surface area contributed by atoms with Gasteiger partial charge in [-0.1, -0.05) is 11.3 Å². The number of aryl methyl sites for hydroxylation is 1. The lowest BCUT2D eigenvalue weighted by molar-refractivity contribution is 0.594. The molecular formula is C5H9N3O2S2. The largest absolute Gasteiger partial charge is 0.329 e. The summed E-state index contributed by atoms with van der Waals surface area (Å²) in [6.07, 6.45) is 0. The zero-order valence-corrected chi connectivity index (χ0v) is 8.15. The average Bonchev–Trinajstić information content (AvgIpc) is 2.36. The van der Waals surface area contributed by atoms with Crippen molar-refractivity contribution >= 4 is 21.2 Å². The fourth-order valence-electron chi connectivity index (χ4n) is 0.647. The molecule has 0 amide bonds. The summed E-state index contributed by atoms with van der Waals surface area (Å²) < 4.78 is 22.6. The van der Waals surface area contributed by atoms with Crippen molar-refractivity contribution in [1.29, 1.82) is 0 Å². The minimum atomic E-state index is -3.27. The first-order chi connectivity index (χ1) is 5.56.